The number of rotatable bonds is 6. The Morgan fingerprint density at radius 1 is 0.931 bits per heavy atom. The quantitative estimate of drug-likeness (QED) is 0.441. The topological polar surface area (TPSA) is 46.6 Å². The summed E-state index contributed by atoms with van der Waals surface area (Å²) in [5, 5.41) is 0. The van der Waals surface area contributed by atoms with E-state index in [1.165, 1.54) is 11.0 Å². The molecule has 0 radical (unpaired) electrons. The Hall–Kier alpha value is -3.47. The van der Waals surface area contributed by atoms with Crippen LogP contribution in [0.4, 0.5) is 10.1 Å². The summed E-state index contributed by atoms with van der Waals surface area (Å²) in [5.41, 5.74) is 2.85. The number of hydrogen-bond donors (Lipinski definition) is 0. The fourth-order valence-electron chi connectivity index (χ4n) is 2.87. The first kappa shape index (κ1) is 20.3. The highest BCUT2D eigenvalue weighted by molar-refractivity contribution is 6.05. The number of halogens is 1. The second-order valence-corrected chi connectivity index (χ2v) is 6.79. The second-order valence-electron chi connectivity index (χ2n) is 6.79. The normalized spacial score (nSPS) is 10.4. The Morgan fingerprint density at radius 2 is 1.59 bits per heavy atom. The van der Waals surface area contributed by atoms with E-state index in [1.807, 2.05) is 19.1 Å². The lowest BCUT2D eigenvalue weighted by Crippen LogP contribution is -2.26. The van der Waals surface area contributed by atoms with Crippen LogP contribution in [0.2, 0.25) is 0 Å². The molecule has 3 aromatic rings. The van der Waals surface area contributed by atoms with Gasteiger partial charge in [-0.1, -0.05) is 35.9 Å². The number of esters is 1. The van der Waals surface area contributed by atoms with Crippen molar-refractivity contribution in [2.24, 2.45) is 0 Å². The van der Waals surface area contributed by atoms with Crippen molar-refractivity contribution in [2.75, 3.05) is 11.9 Å². The van der Waals surface area contributed by atoms with Gasteiger partial charge in [-0.2, -0.15) is 0 Å². The smallest absolute Gasteiger partial charge is 0.311 e. The summed E-state index contributed by atoms with van der Waals surface area (Å²) in [4.78, 5) is 26.1. The van der Waals surface area contributed by atoms with E-state index in [4.69, 9.17) is 4.74 Å². The van der Waals surface area contributed by atoms with Gasteiger partial charge in [0.25, 0.3) is 5.91 Å². The average molecular weight is 391 g/mol. The predicted octanol–water partition coefficient (Wildman–Crippen LogP) is 4.95. The molecule has 0 N–H and O–H groups in total. The van der Waals surface area contributed by atoms with Crippen molar-refractivity contribution in [2.45, 2.75) is 19.8 Å². The third-order valence-electron chi connectivity index (χ3n) is 4.62. The van der Waals surface area contributed by atoms with E-state index in [-0.39, 0.29) is 24.6 Å². The lowest BCUT2D eigenvalue weighted by atomic mass is 10.1. The number of carbonyl (C=O) groups excluding carboxylic acids is 2. The van der Waals surface area contributed by atoms with Crippen LogP contribution in [-0.4, -0.2) is 18.9 Å². The molecule has 0 fully saturated rings. The first-order chi connectivity index (χ1) is 13.9. The highest BCUT2D eigenvalue weighted by Crippen LogP contribution is 2.21. The Bertz CT molecular complexity index is 997. The number of nitrogens with zero attached hydrogens (tertiary/aromatic N) is 1. The number of aryl methyl sites for hydroxylation is 2. The van der Waals surface area contributed by atoms with Crippen LogP contribution in [0.15, 0.2) is 72.8 Å². The summed E-state index contributed by atoms with van der Waals surface area (Å²) in [6.45, 7) is 1.97. The van der Waals surface area contributed by atoms with E-state index in [0.29, 0.717) is 22.6 Å². The first-order valence-corrected chi connectivity index (χ1v) is 9.33. The van der Waals surface area contributed by atoms with Crippen LogP contribution in [0.25, 0.3) is 0 Å². The minimum atomic E-state index is -0.440. The maximum atomic E-state index is 13.6. The van der Waals surface area contributed by atoms with Gasteiger partial charge in [0.15, 0.2) is 0 Å². The molecule has 3 rings (SSSR count). The zero-order valence-electron chi connectivity index (χ0n) is 16.4. The Balaban J connectivity index is 1.58. The summed E-state index contributed by atoms with van der Waals surface area (Å²) in [7, 11) is 1.69. The summed E-state index contributed by atoms with van der Waals surface area (Å²) in [5.74, 6) is -0.515. The highest BCUT2D eigenvalue weighted by Gasteiger charge is 2.14. The Kier molecular flexibility index (Phi) is 6.39. The SMILES string of the molecule is Cc1ccc(C(=O)N(C)c2ccc(OC(=O)CCc3ccccc3F)cc2)cc1. The van der Waals surface area contributed by atoms with Crippen molar-refractivity contribution in [1.29, 1.82) is 0 Å². The molecule has 0 saturated heterocycles. The van der Waals surface area contributed by atoms with Crippen LogP contribution in [-0.2, 0) is 11.2 Å². The van der Waals surface area contributed by atoms with Gasteiger partial charge in [-0.3, -0.25) is 9.59 Å². The van der Waals surface area contributed by atoms with Crippen LogP contribution >= 0.6 is 0 Å². The molecule has 0 heterocycles. The van der Waals surface area contributed by atoms with Crippen molar-refractivity contribution >= 4 is 17.6 Å². The molecule has 4 nitrogen and oxygen atoms in total. The number of carbonyl (C=O) groups is 2. The molecular weight excluding hydrogens is 369 g/mol. The average Bonchev–Trinajstić information content (AvgIpc) is 2.73. The van der Waals surface area contributed by atoms with Crippen molar-refractivity contribution < 1.29 is 18.7 Å². The van der Waals surface area contributed by atoms with Crippen molar-refractivity contribution in [3.05, 3.63) is 95.3 Å². The molecule has 0 spiro atoms. The van der Waals surface area contributed by atoms with Crippen LogP contribution in [0.3, 0.4) is 0 Å². The molecule has 0 aromatic heterocycles. The lowest BCUT2D eigenvalue weighted by molar-refractivity contribution is -0.134. The fraction of sp³-hybridized carbons (Fsp3) is 0.167. The lowest BCUT2D eigenvalue weighted by Gasteiger charge is -2.18. The molecule has 0 aliphatic carbocycles. The van der Waals surface area contributed by atoms with Crippen molar-refractivity contribution in [1.82, 2.24) is 0 Å². The van der Waals surface area contributed by atoms with E-state index in [2.05, 4.69) is 0 Å². The molecule has 0 unspecified atom stereocenters. The van der Waals surface area contributed by atoms with E-state index in [9.17, 15) is 14.0 Å². The third kappa shape index (κ3) is 5.29. The first-order valence-electron chi connectivity index (χ1n) is 9.33. The van der Waals surface area contributed by atoms with Gasteiger partial charge in [0.1, 0.15) is 11.6 Å². The zero-order chi connectivity index (χ0) is 20.8. The minimum absolute atomic E-state index is 0.0779. The fourth-order valence-corrected chi connectivity index (χ4v) is 2.87. The van der Waals surface area contributed by atoms with Gasteiger partial charge >= 0.3 is 5.97 Å². The maximum absolute atomic E-state index is 13.6. The molecule has 148 valence electrons. The van der Waals surface area contributed by atoms with Gasteiger partial charge in [-0.05, 0) is 61.4 Å². The molecule has 3 aromatic carbocycles. The van der Waals surface area contributed by atoms with Gasteiger partial charge in [-0.15, -0.1) is 0 Å². The summed E-state index contributed by atoms with van der Waals surface area (Å²) < 4.78 is 18.9. The number of amides is 1. The third-order valence-corrected chi connectivity index (χ3v) is 4.62. The zero-order valence-corrected chi connectivity index (χ0v) is 16.4. The van der Waals surface area contributed by atoms with Gasteiger partial charge < -0.3 is 9.64 Å². The van der Waals surface area contributed by atoms with Crippen molar-refractivity contribution in [3.8, 4) is 5.75 Å². The maximum Gasteiger partial charge on any atom is 0.311 e. The van der Waals surface area contributed by atoms with Gasteiger partial charge in [0.05, 0.1) is 6.42 Å². The van der Waals surface area contributed by atoms with Gasteiger partial charge in [0.2, 0.25) is 0 Å². The van der Waals surface area contributed by atoms with E-state index in [0.717, 1.165) is 5.56 Å². The van der Waals surface area contributed by atoms with E-state index >= 15 is 0 Å². The number of benzene rings is 3. The molecule has 1 amide bonds. The molecule has 29 heavy (non-hydrogen) atoms. The van der Waals surface area contributed by atoms with Crippen LogP contribution in [0.1, 0.15) is 27.9 Å². The molecule has 0 aliphatic rings. The molecule has 0 saturated carbocycles. The summed E-state index contributed by atoms with van der Waals surface area (Å²) in [6.07, 6.45) is 0.353. The summed E-state index contributed by atoms with van der Waals surface area (Å²) >= 11 is 0. The number of hydrogen-bond acceptors (Lipinski definition) is 3. The van der Waals surface area contributed by atoms with Crippen LogP contribution in [0.5, 0.6) is 5.75 Å². The number of anilines is 1. The van der Waals surface area contributed by atoms with Gasteiger partial charge in [-0.25, -0.2) is 4.39 Å². The molecule has 0 atom stereocenters. The Morgan fingerprint density at radius 3 is 2.24 bits per heavy atom. The minimum Gasteiger partial charge on any atom is -0.427 e. The monoisotopic (exact) mass is 391 g/mol. The van der Waals surface area contributed by atoms with E-state index in [1.54, 1.807) is 61.6 Å². The number of ether oxygens (including phenoxy) is 1. The molecule has 0 bridgehead atoms. The van der Waals surface area contributed by atoms with Crippen molar-refractivity contribution in [3.63, 3.8) is 0 Å². The Labute approximate surface area is 169 Å². The highest BCUT2D eigenvalue weighted by atomic mass is 19.1. The summed E-state index contributed by atoms with van der Waals surface area (Å²) in [6, 6.07) is 20.4. The molecule has 0 aliphatic heterocycles. The van der Waals surface area contributed by atoms with Crippen LogP contribution in [0, 0.1) is 12.7 Å². The largest absolute Gasteiger partial charge is 0.427 e. The second kappa shape index (κ2) is 9.15. The van der Waals surface area contributed by atoms with E-state index < -0.39 is 5.97 Å². The van der Waals surface area contributed by atoms with Gasteiger partial charge in [0, 0.05) is 18.3 Å². The molecule has 5 heteroatoms. The van der Waals surface area contributed by atoms with Crippen LogP contribution < -0.4 is 9.64 Å². The standard InChI is InChI=1S/C24H22FNO3/c1-17-7-9-19(10-8-17)24(28)26(2)20-12-14-21(15-13-20)29-23(27)16-11-18-5-3-4-6-22(18)25/h3-10,12-15H,11,16H2,1-2H3. The molecular formula is C24H22FNO3. The predicted molar refractivity (Wildman–Crippen MR) is 111 cm³/mol.